The predicted octanol–water partition coefficient (Wildman–Crippen LogP) is 3.80. The van der Waals surface area contributed by atoms with E-state index >= 15 is 0 Å². The number of aliphatic hydroxyl groups excluding tert-OH is 1. The third-order valence-corrected chi connectivity index (χ3v) is 5.04. The molecule has 0 saturated carbocycles. The number of anilines is 2. The van der Waals surface area contributed by atoms with Crippen molar-refractivity contribution in [1.29, 1.82) is 0 Å². The molecule has 0 bridgehead atoms. The minimum atomic E-state index is -0.432. The number of thiophene rings is 1. The summed E-state index contributed by atoms with van der Waals surface area (Å²) in [6.45, 7) is 0.799. The molecule has 0 amide bonds. The fourth-order valence-corrected chi connectivity index (χ4v) is 3.76. The summed E-state index contributed by atoms with van der Waals surface area (Å²) in [6, 6.07) is 6.57. The summed E-state index contributed by atoms with van der Waals surface area (Å²) < 4.78 is 0. The van der Waals surface area contributed by atoms with Gasteiger partial charge in [0.05, 0.1) is 35.1 Å². The number of nitro groups is 1. The molecule has 1 aromatic carbocycles. The Bertz CT molecular complexity index is 849. The molecule has 0 aliphatic carbocycles. The van der Waals surface area contributed by atoms with Gasteiger partial charge in [-0.25, -0.2) is 4.98 Å². The first-order valence-corrected chi connectivity index (χ1v) is 9.33. The average Bonchev–Trinajstić information content (AvgIpc) is 3.29. The number of nitro benzene ring substituents is 1. The van der Waals surface area contributed by atoms with E-state index in [1.54, 1.807) is 28.7 Å². The van der Waals surface area contributed by atoms with E-state index in [1.807, 2.05) is 22.2 Å². The monoisotopic (exact) mass is 376 g/mol. The summed E-state index contributed by atoms with van der Waals surface area (Å²) in [7, 11) is 0. The number of nitrogens with one attached hydrogen (secondary N) is 2. The van der Waals surface area contributed by atoms with Gasteiger partial charge in [-0.2, -0.15) is 11.3 Å². The molecule has 0 spiro atoms. The molecule has 0 aliphatic rings. The highest BCUT2D eigenvalue weighted by Crippen LogP contribution is 2.29. The Morgan fingerprint density at radius 2 is 2.08 bits per heavy atom. The normalized spacial score (nSPS) is 10.6. The highest BCUT2D eigenvalue weighted by atomic mass is 32.1. The van der Waals surface area contributed by atoms with Crippen LogP contribution in [0.4, 0.5) is 17.1 Å². The van der Waals surface area contributed by atoms with Crippen molar-refractivity contribution in [3.63, 3.8) is 0 Å². The van der Waals surface area contributed by atoms with E-state index in [1.165, 1.54) is 12.1 Å². The molecule has 2 heterocycles. The van der Waals surface area contributed by atoms with Crippen molar-refractivity contribution < 1.29 is 10.0 Å². The molecule has 9 heteroatoms. The molecule has 25 heavy (non-hydrogen) atoms. The van der Waals surface area contributed by atoms with Gasteiger partial charge in [0.2, 0.25) is 0 Å². The summed E-state index contributed by atoms with van der Waals surface area (Å²) in [4.78, 5) is 15.1. The lowest BCUT2D eigenvalue weighted by molar-refractivity contribution is -0.384. The van der Waals surface area contributed by atoms with Crippen LogP contribution in [0.1, 0.15) is 5.69 Å². The fourth-order valence-electron chi connectivity index (χ4n) is 2.23. The van der Waals surface area contributed by atoms with Crippen molar-refractivity contribution in [2.75, 3.05) is 23.8 Å². The topological polar surface area (TPSA) is 100 Å². The number of aromatic nitrogens is 1. The molecule has 0 saturated heterocycles. The fraction of sp³-hybridized carbons (Fsp3) is 0.188. The number of aliphatic hydroxyl groups is 1. The van der Waals surface area contributed by atoms with Crippen LogP contribution in [-0.4, -0.2) is 28.2 Å². The highest BCUT2D eigenvalue weighted by molar-refractivity contribution is 7.14. The van der Waals surface area contributed by atoms with Crippen LogP contribution in [0.15, 0.2) is 40.4 Å². The summed E-state index contributed by atoms with van der Waals surface area (Å²) >= 11 is 3.19. The first kappa shape index (κ1) is 17.3. The Hall–Kier alpha value is -2.49. The van der Waals surface area contributed by atoms with Crippen molar-refractivity contribution >= 4 is 39.7 Å². The van der Waals surface area contributed by atoms with Gasteiger partial charge in [0, 0.05) is 35.0 Å². The molecule has 0 unspecified atom stereocenters. The van der Waals surface area contributed by atoms with E-state index in [2.05, 4.69) is 15.6 Å². The van der Waals surface area contributed by atoms with Crippen LogP contribution in [0.25, 0.3) is 10.6 Å². The Kier molecular flexibility index (Phi) is 5.59. The lowest BCUT2D eigenvalue weighted by Gasteiger charge is -2.12. The lowest BCUT2D eigenvalue weighted by Crippen LogP contribution is -2.09. The van der Waals surface area contributed by atoms with Crippen LogP contribution >= 0.6 is 22.7 Å². The molecular formula is C16H16N4O3S2. The van der Waals surface area contributed by atoms with Crippen molar-refractivity contribution in [2.45, 2.75) is 6.54 Å². The van der Waals surface area contributed by atoms with Crippen molar-refractivity contribution in [1.82, 2.24) is 4.98 Å². The van der Waals surface area contributed by atoms with Gasteiger partial charge in [-0.15, -0.1) is 11.3 Å². The zero-order valence-electron chi connectivity index (χ0n) is 13.1. The third kappa shape index (κ3) is 4.32. The molecule has 0 radical (unpaired) electrons. The summed E-state index contributed by atoms with van der Waals surface area (Å²) in [6.07, 6.45) is 0. The zero-order valence-corrected chi connectivity index (χ0v) is 14.8. The quantitative estimate of drug-likeness (QED) is 0.408. The van der Waals surface area contributed by atoms with Gasteiger partial charge in [0.25, 0.3) is 5.69 Å². The molecular weight excluding hydrogens is 360 g/mol. The molecule has 3 aromatic rings. The summed E-state index contributed by atoms with van der Waals surface area (Å²) in [5.41, 5.74) is 3.28. The smallest absolute Gasteiger partial charge is 0.271 e. The SMILES string of the molecule is O=[N+]([O-])c1ccc(NCCO)c(NCc2csc(-c3ccsc3)n2)c1. The maximum absolute atomic E-state index is 11.0. The standard InChI is InChI=1S/C16H16N4O3S2/c21-5-4-17-14-2-1-13(20(22)23)7-15(14)18-8-12-10-25-16(19-12)11-3-6-24-9-11/h1-3,6-7,9-10,17-18,21H,4-5,8H2. The van der Waals surface area contributed by atoms with Crippen LogP contribution < -0.4 is 10.6 Å². The summed E-state index contributed by atoms with van der Waals surface area (Å²) in [5, 5.41) is 33.2. The molecule has 3 N–H and O–H groups in total. The molecule has 130 valence electrons. The number of benzene rings is 1. The number of non-ortho nitro benzene ring substituents is 1. The van der Waals surface area contributed by atoms with E-state index in [0.29, 0.717) is 24.5 Å². The minimum Gasteiger partial charge on any atom is -0.395 e. The Morgan fingerprint density at radius 1 is 1.20 bits per heavy atom. The number of nitrogens with zero attached hydrogens (tertiary/aromatic N) is 2. The van der Waals surface area contributed by atoms with Crippen LogP contribution in [0, 0.1) is 10.1 Å². The van der Waals surface area contributed by atoms with Gasteiger partial charge in [0.15, 0.2) is 0 Å². The van der Waals surface area contributed by atoms with Crippen molar-refractivity contribution in [3.8, 4) is 10.6 Å². The Balaban J connectivity index is 1.74. The molecule has 0 atom stereocenters. The van der Waals surface area contributed by atoms with Gasteiger partial charge >= 0.3 is 0 Å². The number of hydrogen-bond acceptors (Lipinski definition) is 8. The van der Waals surface area contributed by atoms with E-state index in [4.69, 9.17) is 5.11 Å². The van der Waals surface area contributed by atoms with Gasteiger partial charge in [-0.05, 0) is 17.5 Å². The van der Waals surface area contributed by atoms with Gasteiger partial charge in [-0.3, -0.25) is 10.1 Å². The maximum Gasteiger partial charge on any atom is 0.271 e. The third-order valence-electron chi connectivity index (χ3n) is 3.42. The van der Waals surface area contributed by atoms with Gasteiger partial charge in [-0.1, -0.05) is 0 Å². The first-order valence-electron chi connectivity index (χ1n) is 7.51. The van der Waals surface area contributed by atoms with Crippen molar-refractivity contribution in [3.05, 3.63) is 56.2 Å². The van der Waals surface area contributed by atoms with E-state index in [0.717, 1.165) is 16.3 Å². The Labute approximate surface area is 152 Å². The summed E-state index contributed by atoms with van der Waals surface area (Å²) in [5.74, 6) is 0. The van der Waals surface area contributed by atoms with Gasteiger partial charge < -0.3 is 15.7 Å². The largest absolute Gasteiger partial charge is 0.395 e. The number of rotatable bonds is 8. The average molecular weight is 376 g/mol. The highest BCUT2D eigenvalue weighted by Gasteiger charge is 2.11. The van der Waals surface area contributed by atoms with Crippen LogP contribution in [0.3, 0.4) is 0 Å². The van der Waals surface area contributed by atoms with Crippen molar-refractivity contribution in [2.24, 2.45) is 0 Å². The predicted molar refractivity (Wildman–Crippen MR) is 101 cm³/mol. The lowest BCUT2D eigenvalue weighted by atomic mass is 10.2. The van der Waals surface area contributed by atoms with Crippen LogP contribution in [-0.2, 0) is 6.54 Å². The van der Waals surface area contributed by atoms with E-state index in [-0.39, 0.29) is 12.3 Å². The van der Waals surface area contributed by atoms with Gasteiger partial charge in [0.1, 0.15) is 5.01 Å². The molecule has 0 aliphatic heterocycles. The van der Waals surface area contributed by atoms with Crippen LogP contribution in [0.5, 0.6) is 0 Å². The Morgan fingerprint density at radius 3 is 2.80 bits per heavy atom. The number of thiazole rings is 1. The second-order valence-electron chi connectivity index (χ2n) is 5.15. The van der Waals surface area contributed by atoms with E-state index in [9.17, 15) is 10.1 Å². The minimum absolute atomic E-state index is 0.00860. The second-order valence-corrected chi connectivity index (χ2v) is 6.79. The van der Waals surface area contributed by atoms with E-state index < -0.39 is 4.92 Å². The molecule has 3 rings (SSSR count). The second kappa shape index (κ2) is 8.06. The zero-order chi connectivity index (χ0) is 17.6. The maximum atomic E-state index is 11.0. The molecule has 0 fully saturated rings. The van der Waals surface area contributed by atoms with Crippen LogP contribution in [0.2, 0.25) is 0 Å². The first-order chi connectivity index (χ1) is 12.2. The number of hydrogen-bond donors (Lipinski definition) is 3. The molecule has 2 aromatic heterocycles. The molecule has 7 nitrogen and oxygen atoms in total.